The van der Waals surface area contributed by atoms with E-state index in [4.69, 9.17) is 0 Å². The SMILES string of the molecule is CC1=c2nn[nH]c2=CCC1.[HH]. The van der Waals surface area contributed by atoms with Crippen molar-refractivity contribution in [3.63, 3.8) is 0 Å². The Morgan fingerprint density at radius 2 is 2.60 bits per heavy atom. The predicted molar refractivity (Wildman–Crippen MR) is 40.5 cm³/mol. The summed E-state index contributed by atoms with van der Waals surface area (Å²) in [6.07, 6.45) is 4.38. The molecule has 0 aliphatic heterocycles. The quantitative estimate of drug-likeness (QED) is 0.538. The van der Waals surface area contributed by atoms with E-state index in [-0.39, 0.29) is 1.43 Å². The van der Waals surface area contributed by atoms with E-state index in [9.17, 15) is 0 Å². The molecular formula is C7H11N3. The third-order valence-electron chi connectivity index (χ3n) is 1.85. The second-order valence-electron chi connectivity index (χ2n) is 2.60. The normalized spacial score (nSPS) is 16.3. The summed E-state index contributed by atoms with van der Waals surface area (Å²) in [6.45, 7) is 2.11. The van der Waals surface area contributed by atoms with E-state index < -0.39 is 0 Å². The second kappa shape index (κ2) is 1.94. The lowest BCUT2D eigenvalue weighted by Gasteiger charge is -1.98. The summed E-state index contributed by atoms with van der Waals surface area (Å²) in [6, 6.07) is 0. The molecule has 3 heteroatoms. The zero-order valence-electron chi connectivity index (χ0n) is 5.89. The first-order chi connectivity index (χ1) is 4.88. The number of fused-ring (bicyclic) bond motifs is 1. The lowest BCUT2D eigenvalue weighted by atomic mass is 10.1. The maximum Gasteiger partial charge on any atom is 0.111 e. The fourth-order valence-corrected chi connectivity index (χ4v) is 1.24. The molecule has 1 aliphatic rings. The van der Waals surface area contributed by atoms with E-state index in [1.165, 1.54) is 5.57 Å². The van der Waals surface area contributed by atoms with Crippen molar-refractivity contribution in [3.05, 3.63) is 10.7 Å². The van der Waals surface area contributed by atoms with Crippen LogP contribution in [0.15, 0.2) is 0 Å². The molecule has 1 aromatic rings. The third kappa shape index (κ3) is 0.667. The van der Waals surface area contributed by atoms with E-state index >= 15 is 0 Å². The van der Waals surface area contributed by atoms with Crippen molar-refractivity contribution in [2.24, 2.45) is 0 Å². The van der Waals surface area contributed by atoms with Gasteiger partial charge >= 0.3 is 0 Å². The second-order valence-corrected chi connectivity index (χ2v) is 2.60. The van der Waals surface area contributed by atoms with Gasteiger partial charge in [0.15, 0.2) is 0 Å². The van der Waals surface area contributed by atoms with Gasteiger partial charge < -0.3 is 0 Å². The molecule has 10 heavy (non-hydrogen) atoms. The predicted octanol–water partition coefficient (Wildman–Crippen LogP) is -0.204. The molecule has 0 radical (unpaired) electrons. The molecule has 0 spiro atoms. The lowest BCUT2D eigenvalue weighted by Crippen LogP contribution is -2.28. The Morgan fingerprint density at radius 3 is 3.40 bits per heavy atom. The molecule has 1 N–H and O–H groups in total. The number of aromatic amines is 1. The number of rotatable bonds is 0. The zero-order valence-corrected chi connectivity index (χ0v) is 5.89. The molecule has 0 bridgehead atoms. The van der Waals surface area contributed by atoms with Crippen molar-refractivity contribution in [2.75, 3.05) is 0 Å². The highest BCUT2D eigenvalue weighted by Gasteiger charge is 2.00. The lowest BCUT2D eigenvalue weighted by molar-refractivity contribution is 0.924. The largest absolute Gasteiger partial charge is 0.258 e. The molecule has 0 fully saturated rings. The molecular weight excluding hydrogens is 126 g/mol. The van der Waals surface area contributed by atoms with E-state index in [0.717, 1.165) is 23.5 Å². The van der Waals surface area contributed by atoms with Crippen molar-refractivity contribution in [1.82, 2.24) is 15.4 Å². The highest BCUT2D eigenvalue weighted by molar-refractivity contribution is 5.45. The fraction of sp³-hybridized carbons (Fsp3) is 0.429. The van der Waals surface area contributed by atoms with Crippen LogP contribution in [0.2, 0.25) is 0 Å². The standard InChI is InChI=1S/C7H9N3.H2/c1-5-3-2-4-6-7(5)9-10-8-6;/h4H,2-3H2,1H3,(H,8,9);1H. The van der Waals surface area contributed by atoms with Crippen LogP contribution in [0.5, 0.6) is 0 Å². The maximum atomic E-state index is 3.96. The number of aromatic nitrogens is 3. The van der Waals surface area contributed by atoms with Gasteiger partial charge in [0, 0.05) is 1.43 Å². The molecule has 1 heterocycles. The van der Waals surface area contributed by atoms with Gasteiger partial charge in [0.2, 0.25) is 0 Å². The Labute approximate surface area is 59.9 Å². The van der Waals surface area contributed by atoms with Crippen LogP contribution in [0.4, 0.5) is 0 Å². The molecule has 2 rings (SSSR count). The Hall–Kier alpha value is -1.12. The average Bonchev–Trinajstić information content (AvgIpc) is 2.36. The van der Waals surface area contributed by atoms with Crippen molar-refractivity contribution >= 4 is 11.6 Å². The van der Waals surface area contributed by atoms with Crippen molar-refractivity contribution in [1.29, 1.82) is 0 Å². The molecule has 1 aromatic heterocycles. The van der Waals surface area contributed by atoms with Gasteiger partial charge in [0.05, 0.1) is 5.35 Å². The van der Waals surface area contributed by atoms with E-state index in [2.05, 4.69) is 28.4 Å². The molecule has 1 aliphatic carbocycles. The number of nitrogens with one attached hydrogen (secondary N) is 1. The van der Waals surface area contributed by atoms with Gasteiger partial charge in [-0.1, -0.05) is 11.3 Å². The van der Waals surface area contributed by atoms with Crippen molar-refractivity contribution < 1.29 is 1.43 Å². The van der Waals surface area contributed by atoms with Crippen LogP contribution in [-0.4, -0.2) is 15.4 Å². The van der Waals surface area contributed by atoms with E-state index in [1.807, 2.05) is 0 Å². The monoisotopic (exact) mass is 137 g/mol. The Kier molecular flexibility index (Phi) is 1.09. The molecule has 0 saturated carbocycles. The number of hydrogen-bond donors (Lipinski definition) is 1. The highest BCUT2D eigenvalue weighted by Crippen LogP contribution is 2.03. The van der Waals surface area contributed by atoms with Gasteiger partial charge in [-0.05, 0) is 25.3 Å². The van der Waals surface area contributed by atoms with Crippen molar-refractivity contribution in [2.45, 2.75) is 19.8 Å². The summed E-state index contributed by atoms with van der Waals surface area (Å²) in [7, 11) is 0. The Balaban J connectivity index is 0.000000605. The first kappa shape index (κ1) is 5.65. The average molecular weight is 137 g/mol. The van der Waals surface area contributed by atoms with Crippen LogP contribution < -0.4 is 10.7 Å². The Morgan fingerprint density at radius 1 is 1.70 bits per heavy atom. The summed E-state index contributed by atoms with van der Waals surface area (Å²) >= 11 is 0. The first-order valence-electron chi connectivity index (χ1n) is 3.45. The summed E-state index contributed by atoms with van der Waals surface area (Å²) in [4.78, 5) is 0. The summed E-state index contributed by atoms with van der Waals surface area (Å²) in [5.74, 6) is 0. The van der Waals surface area contributed by atoms with Gasteiger partial charge in [-0.2, -0.15) is 0 Å². The van der Waals surface area contributed by atoms with Crippen LogP contribution in [-0.2, 0) is 0 Å². The molecule has 0 aromatic carbocycles. The molecule has 0 saturated heterocycles. The minimum atomic E-state index is 0. The van der Waals surface area contributed by atoms with Gasteiger partial charge in [0.25, 0.3) is 0 Å². The number of hydrogen-bond acceptors (Lipinski definition) is 2. The van der Waals surface area contributed by atoms with Gasteiger partial charge in [0.1, 0.15) is 5.35 Å². The van der Waals surface area contributed by atoms with Crippen LogP contribution in [0.3, 0.4) is 0 Å². The van der Waals surface area contributed by atoms with E-state index in [0.29, 0.717) is 0 Å². The maximum absolute atomic E-state index is 3.96. The third-order valence-corrected chi connectivity index (χ3v) is 1.85. The van der Waals surface area contributed by atoms with E-state index in [1.54, 1.807) is 0 Å². The smallest absolute Gasteiger partial charge is 0.111 e. The molecule has 0 amide bonds. The number of H-pyrrole nitrogens is 1. The highest BCUT2D eigenvalue weighted by atomic mass is 15.3. The topological polar surface area (TPSA) is 41.6 Å². The van der Waals surface area contributed by atoms with Gasteiger partial charge in [-0.3, -0.25) is 5.10 Å². The van der Waals surface area contributed by atoms with Crippen LogP contribution >= 0.6 is 0 Å². The van der Waals surface area contributed by atoms with Crippen LogP contribution in [0.1, 0.15) is 21.2 Å². The summed E-state index contributed by atoms with van der Waals surface area (Å²) in [5.41, 5.74) is 1.34. The molecule has 0 unspecified atom stereocenters. The summed E-state index contributed by atoms with van der Waals surface area (Å²) < 4.78 is 0. The Bertz CT molecular complexity index is 352. The fourth-order valence-electron chi connectivity index (χ4n) is 1.24. The van der Waals surface area contributed by atoms with Gasteiger partial charge in [-0.25, -0.2) is 0 Å². The van der Waals surface area contributed by atoms with Crippen molar-refractivity contribution in [3.8, 4) is 0 Å². The molecule has 54 valence electrons. The molecule has 3 nitrogen and oxygen atoms in total. The number of nitrogens with zero attached hydrogens (tertiary/aromatic N) is 2. The first-order valence-corrected chi connectivity index (χ1v) is 3.45. The van der Waals surface area contributed by atoms with Crippen LogP contribution in [0, 0.1) is 0 Å². The zero-order chi connectivity index (χ0) is 6.97. The molecule has 0 atom stereocenters. The summed E-state index contributed by atoms with van der Waals surface area (Å²) in [5, 5.41) is 12.7. The van der Waals surface area contributed by atoms with Gasteiger partial charge in [-0.15, -0.1) is 5.10 Å². The van der Waals surface area contributed by atoms with Crippen LogP contribution in [0.25, 0.3) is 11.6 Å². The minimum Gasteiger partial charge on any atom is -0.258 e. The minimum absolute atomic E-state index is 0.